The monoisotopic (exact) mass is 445 g/mol. The van der Waals surface area contributed by atoms with Crippen LogP contribution < -0.4 is 19.5 Å². The van der Waals surface area contributed by atoms with Gasteiger partial charge in [0.25, 0.3) is 0 Å². The van der Waals surface area contributed by atoms with Crippen LogP contribution >= 0.6 is 11.6 Å². The molecule has 6 nitrogen and oxygen atoms in total. The Kier molecular flexibility index (Phi) is 7.20. The van der Waals surface area contributed by atoms with Gasteiger partial charge < -0.3 is 24.6 Å². The smallest absolute Gasteiger partial charge is 0.335 e. The molecule has 0 aliphatic rings. The van der Waals surface area contributed by atoms with Crippen molar-refractivity contribution in [2.24, 2.45) is 0 Å². The Labute approximate surface area is 184 Å². The van der Waals surface area contributed by atoms with E-state index >= 15 is 0 Å². The lowest BCUT2D eigenvalue weighted by Crippen LogP contribution is -2.05. The summed E-state index contributed by atoms with van der Waals surface area (Å²) in [5.74, 6) is 0.137. The minimum Gasteiger partial charge on any atom is -0.495 e. The standard InChI is InChI=1S/C23H21ClFNO5/c1-29-20-8-5-15(23(27)28)10-19(20)26-12-14-3-7-21(22(9-14)30-2)31-13-16-4-6-17(25)11-18(16)24/h3-11,26H,12-13H2,1-2H3,(H,27,28). The summed E-state index contributed by atoms with van der Waals surface area (Å²) in [5, 5.41) is 12.7. The van der Waals surface area contributed by atoms with Gasteiger partial charge in [0.05, 0.1) is 30.5 Å². The molecule has 0 unspecified atom stereocenters. The molecule has 0 bridgehead atoms. The summed E-state index contributed by atoms with van der Waals surface area (Å²) in [6.07, 6.45) is 0. The molecule has 3 rings (SSSR count). The number of anilines is 1. The summed E-state index contributed by atoms with van der Waals surface area (Å²) in [5.41, 5.74) is 2.25. The highest BCUT2D eigenvalue weighted by Gasteiger charge is 2.11. The topological polar surface area (TPSA) is 77.0 Å². The maximum Gasteiger partial charge on any atom is 0.335 e. The molecule has 0 amide bonds. The lowest BCUT2D eigenvalue weighted by atomic mass is 10.1. The molecule has 0 spiro atoms. The first-order chi connectivity index (χ1) is 14.9. The minimum atomic E-state index is -1.02. The molecular formula is C23H21ClFNO5. The third-order valence-corrected chi connectivity index (χ3v) is 4.91. The molecule has 0 aliphatic carbocycles. The number of carbonyl (C=O) groups is 1. The van der Waals surface area contributed by atoms with E-state index in [4.69, 9.17) is 25.8 Å². The molecular weight excluding hydrogens is 425 g/mol. The van der Waals surface area contributed by atoms with E-state index in [9.17, 15) is 14.3 Å². The van der Waals surface area contributed by atoms with Gasteiger partial charge >= 0.3 is 5.97 Å². The van der Waals surface area contributed by atoms with Gasteiger partial charge in [0, 0.05) is 12.1 Å². The summed E-state index contributed by atoms with van der Waals surface area (Å²) in [7, 11) is 3.05. The molecule has 8 heteroatoms. The Morgan fingerprint density at radius 3 is 2.42 bits per heavy atom. The third-order valence-electron chi connectivity index (χ3n) is 4.56. The molecule has 0 heterocycles. The predicted octanol–water partition coefficient (Wildman–Crippen LogP) is 5.39. The van der Waals surface area contributed by atoms with Crippen LogP contribution in [0.25, 0.3) is 0 Å². The predicted molar refractivity (Wildman–Crippen MR) is 116 cm³/mol. The normalized spacial score (nSPS) is 10.5. The van der Waals surface area contributed by atoms with Crippen molar-refractivity contribution in [3.63, 3.8) is 0 Å². The van der Waals surface area contributed by atoms with E-state index in [0.29, 0.717) is 35.0 Å². The molecule has 0 aromatic heterocycles. The molecule has 0 saturated heterocycles. The number of carboxylic acid groups (broad SMARTS) is 1. The number of hydrogen-bond acceptors (Lipinski definition) is 5. The number of methoxy groups -OCH3 is 2. The molecule has 0 saturated carbocycles. The van der Waals surface area contributed by atoms with Gasteiger partial charge in [0.15, 0.2) is 11.5 Å². The second kappa shape index (κ2) is 10.0. The fourth-order valence-corrected chi connectivity index (χ4v) is 3.13. The zero-order valence-electron chi connectivity index (χ0n) is 16.9. The summed E-state index contributed by atoms with van der Waals surface area (Å²) in [4.78, 5) is 11.2. The minimum absolute atomic E-state index is 0.157. The molecule has 0 fully saturated rings. The van der Waals surface area contributed by atoms with Crippen molar-refractivity contribution in [1.29, 1.82) is 0 Å². The fourth-order valence-electron chi connectivity index (χ4n) is 2.91. The van der Waals surface area contributed by atoms with Crippen molar-refractivity contribution in [3.05, 3.63) is 82.1 Å². The van der Waals surface area contributed by atoms with Gasteiger partial charge in [-0.2, -0.15) is 0 Å². The van der Waals surface area contributed by atoms with E-state index in [1.807, 2.05) is 12.1 Å². The zero-order chi connectivity index (χ0) is 22.4. The van der Waals surface area contributed by atoms with Crippen LogP contribution in [0.1, 0.15) is 21.5 Å². The van der Waals surface area contributed by atoms with Gasteiger partial charge in [-0.15, -0.1) is 0 Å². The second-order valence-corrected chi connectivity index (χ2v) is 6.99. The number of carboxylic acids is 1. The third kappa shape index (κ3) is 5.58. The van der Waals surface area contributed by atoms with Crippen LogP contribution in [0.15, 0.2) is 54.6 Å². The SMILES string of the molecule is COc1ccc(C(=O)O)cc1NCc1ccc(OCc2ccc(F)cc2Cl)c(OC)c1. The van der Waals surface area contributed by atoms with Crippen molar-refractivity contribution >= 4 is 23.3 Å². The van der Waals surface area contributed by atoms with Gasteiger partial charge in [-0.3, -0.25) is 0 Å². The maximum atomic E-state index is 13.2. The second-order valence-electron chi connectivity index (χ2n) is 6.58. The van der Waals surface area contributed by atoms with Crippen LogP contribution in [0.3, 0.4) is 0 Å². The first-order valence-electron chi connectivity index (χ1n) is 9.30. The van der Waals surface area contributed by atoms with Crippen molar-refractivity contribution < 1.29 is 28.5 Å². The number of halogens is 2. The lowest BCUT2D eigenvalue weighted by molar-refractivity contribution is 0.0697. The molecule has 0 aliphatic heterocycles. The molecule has 3 aromatic rings. The summed E-state index contributed by atoms with van der Waals surface area (Å²) in [6.45, 7) is 0.562. The maximum absolute atomic E-state index is 13.2. The van der Waals surface area contributed by atoms with Gasteiger partial charge in [-0.05, 0) is 48.0 Å². The average molecular weight is 446 g/mol. The van der Waals surface area contributed by atoms with Crippen molar-refractivity contribution in [2.75, 3.05) is 19.5 Å². The number of aromatic carboxylic acids is 1. The van der Waals surface area contributed by atoms with Crippen LogP contribution in [0.2, 0.25) is 5.02 Å². The van der Waals surface area contributed by atoms with Crippen LogP contribution in [0, 0.1) is 5.82 Å². The van der Waals surface area contributed by atoms with Crippen LogP contribution in [-0.4, -0.2) is 25.3 Å². The fraction of sp³-hybridized carbons (Fsp3) is 0.174. The number of hydrogen-bond donors (Lipinski definition) is 2. The highest BCUT2D eigenvalue weighted by atomic mass is 35.5. The Morgan fingerprint density at radius 2 is 1.74 bits per heavy atom. The van der Waals surface area contributed by atoms with Crippen LogP contribution in [0.5, 0.6) is 17.2 Å². The van der Waals surface area contributed by atoms with E-state index < -0.39 is 11.8 Å². The Balaban J connectivity index is 1.71. The van der Waals surface area contributed by atoms with E-state index in [-0.39, 0.29) is 17.2 Å². The van der Waals surface area contributed by atoms with Gasteiger partial charge in [-0.25, -0.2) is 9.18 Å². The van der Waals surface area contributed by atoms with Crippen molar-refractivity contribution in [3.8, 4) is 17.2 Å². The molecule has 31 heavy (non-hydrogen) atoms. The molecule has 162 valence electrons. The van der Waals surface area contributed by atoms with E-state index in [1.165, 1.54) is 38.5 Å². The first kappa shape index (κ1) is 22.2. The molecule has 3 aromatic carbocycles. The average Bonchev–Trinajstić information content (AvgIpc) is 2.77. The Morgan fingerprint density at radius 1 is 1.00 bits per heavy atom. The van der Waals surface area contributed by atoms with Gasteiger partial charge in [-0.1, -0.05) is 23.7 Å². The Hall–Kier alpha value is -3.45. The van der Waals surface area contributed by atoms with Crippen molar-refractivity contribution in [2.45, 2.75) is 13.2 Å². The Bertz CT molecular complexity index is 1090. The quantitative estimate of drug-likeness (QED) is 0.460. The molecule has 2 N–H and O–H groups in total. The summed E-state index contributed by atoms with van der Waals surface area (Å²) >= 11 is 6.04. The highest BCUT2D eigenvalue weighted by molar-refractivity contribution is 6.31. The molecule has 0 atom stereocenters. The number of rotatable bonds is 9. The van der Waals surface area contributed by atoms with E-state index in [0.717, 1.165) is 5.56 Å². The number of benzene rings is 3. The van der Waals surface area contributed by atoms with Crippen LogP contribution in [0.4, 0.5) is 10.1 Å². The van der Waals surface area contributed by atoms with Gasteiger partial charge in [0.1, 0.15) is 18.2 Å². The van der Waals surface area contributed by atoms with E-state index in [2.05, 4.69) is 5.32 Å². The first-order valence-corrected chi connectivity index (χ1v) is 9.68. The summed E-state index contributed by atoms with van der Waals surface area (Å²) < 4.78 is 29.7. The van der Waals surface area contributed by atoms with Gasteiger partial charge in [0.2, 0.25) is 0 Å². The lowest BCUT2D eigenvalue weighted by Gasteiger charge is -2.15. The van der Waals surface area contributed by atoms with Crippen molar-refractivity contribution in [1.82, 2.24) is 0 Å². The number of nitrogens with one attached hydrogen (secondary N) is 1. The molecule has 0 radical (unpaired) electrons. The summed E-state index contributed by atoms with van der Waals surface area (Å²) in [6, 6.07) is 14.1. The van der Waals surface area contributed by atoms with E-state index in [1.54, 1.807) is 18.2 Å². The number of ether oxygens (including phenoxy) is 3. The van der Waals surface area contributed by atoms with Crippen LogP contribution in [-0.2, 0) is 13.2 Å². The largest absolute Gasteiger partial charge is 0.495 e. The zero-order valence-corrected chi connectivity index (χ0v) is 17.7. The highest BCUT2D eigenvalue weighted by Crippen LogP contribution is 2.31.